The van der Waals surface area contributed by atoms with Gasteiger partial charge in [0, 0.05) is 27.1 Å². The standard InChI is InChI=1S/C23H16BrN3O2S/c1-2-14-5-3-4-6-19(14)26-12-16(11-25)22-27-20(13-30-22)18-10-15-9-17(24)7-8-21(15)29-23(18)28/h3-10,12-13,26H,2H2,1H3. The SMILES string of the molecule is CCc1ccccc1NC=C(C#N)c1nc(-c2cc3cc(Br)ccc3oc2=O)cs1. The summed E-state index contributed by atoms with van der Waals surface area (Å²) >= 11 is 4.73. The van der Waals surface area contributed by atoms with Crippen LogP contribution in [-0.2, 0) is 6.42 Å². The molecule has 7 heteroatoms. The van der Waals surface area contributed by atoms with Gasteiger partial charge in [0.15, 0.2) is 0 Å². The van der Waals surface area contributed by atoms with Crippen molar-refractivity contribution in [3.05, 3.63) is 85.6 Å². The lowest BCUT2D eigenvalue weighted by Gasteiger charge is -2.07. The first-order valence-corrected chi connectivity index (χ1v) is 10.9. The highest BCUT2D eigenvalue weighted by Gasteiger charge is 2.14. The van der Waals surface area contributed by atoms with E-state index in [0.29, 0.717) is 27.4 Å². The Kier molecular flexibility index (Phi) is 5.79. The smallest absolute Gasteiger partial charge is 0.345 e. The summed E-state index contributed by atoms with van der Waals surface area (Å²) in [7, 11) is 0. The number of fused-ring (bicyclic) bond motifs is 1. The fraction of sp³-hybridized carbons (Fsp3) is 0.0870. The molecule has 0 saturated carbocycles. The van der Waals surface area contributed by atoms with Crippen LogP contribution >= 0.6 is 27.3 Å². The molecule has 0 aliphatic carbocycles. The van der Waals surface area contributed by atoms with E-state index in [1.165, 1.54) is 11.3 Å². The summed E-state index contributed by atoms with van der Waals surface area (Å²) in [6, 6.07) is 17.3. The van der Waals surface area contributed by atoms with Crippen LogP contribution in [0.5, 0.6) is 0 Å². The number of nitrogens with zero attached hydrogens (tertiary/aromatic N) is 2. The lowest BCUT2D eigenvalue weighted by molar-refractivity contribution is 0.563. The number of nitriles is 1. The van der Waals surface area contributed by atoms with Crippen molar-refractivity contribution in [2.24, 2.45) is 0 Å². The monoisotopic (exact) mass is 477 g/mol. The van der Waals surface area contributed by atoms with Crippen molar-refractivity contribution in [1.29, 1.82) is 5.26 Å². The number of allylic oxidation sites excluding steroid dienone is 1. The Hall–Kier alpha value is -3.21. The molecule has 0 radical (unpaired) electrons. The van der Waals surface area contributed by atoms with Crippen molar-refractivity contribution in [3.8, 4) is 17.3 Å². The van der Waals surface area contributed by atoms with E-state index in [1.54, 1.807) is 23.7 Å². The van der Waals surface area contributed by atoms with Crippen LogP contribution in [0, 0.1) is 11.3 Å². The van der Waals surface area contributed by atoms with Gasteiger partial charge in [-0.1, -0.05) is 41.1 Å². The van der Waals surface area contributed by atoms with E-state index in [9.17, 15) is 10.1 Å². The first kappa shape index (κ1) is 20.1. The van der Waals surface area contributed by atoms with E-state index in [-0.39, 0.29) is 0 Å². The molecule has 0 aliphatic rings. The zero-order chi connectivity index (χ0) is 21.1. The minimum atomic E-state index is -0.459. The molecule has 0 spiro atoms. The molecule has 0 amide bonds. The molecule has 0 aliphatic heterocycles. The van der Waals surface area contributed by atoms with Gasteiger partial charge in [0.2, 0.25) is 0 Å². The van der Waals surface area contributed by atoms with E-state index < -0.39 is 5.63 Å². The maximum absolute atomic E-state index is 12.4. The molecule has 5 nitrogen and oxygen atoms in total. The Morgan fingerprint density at radius 3 is 2.93 bits per heavy atom. The predicted molar refractivity (Wildman–Crippen MR) is 124 cm³/mol. The van der Waals surface area contributed by atoms with Crippen molar-refractivity contribution in [3.63, 3.8) is 0 Å². The molecule has 0 bridgehead atoms. The molecular weight excluding hydrogens is 462 g/mol. The van der Waals surface area contributed by atoms with Gasteiger partial charge < -0.3 is 9.73 Å². The number of anilines is 1. The second-order valence-electron chi connectivity index (χ2n) is 6.49. The van der Waals surface area contributed by atoms with Crippen LogP contribution in [-0.4, -0.2) is 4.98 Å². The Bertz CT molecular complexity index is 1360. The van der Waals surface area contributed by atoms with E-state index >= 15 is 0 Å². The Morgan fingerprint density at radius 2 is 2.13 bits per heavy atom. The summed E-state index contributed by atoms with van der Waals surface area (Å²) in [6.45, 7) is 2.08. The molecule has 2 heterocycles. The number of aryl methyl sites for hydroxylation is 1. The van der Waals surface area contributed by atoms with Crippen molar-refractivity contribution < 1.29 is 4.42 Å². The average Bonchev–Trinajstić information content (AvgIpc) is 3.24. The molecular formula is C23H16BrN3O2S. The number of benzene rings is 2. The Balaban J connectivity index is 1.67. The molecule has 0 saturated heterocycles. The van der Waals surface area contributed by atoms with Crippen molar-refractivity contribution in [2.75, 3.05) is 5.32 Å². The van der Waals surface area contributed by atoms with Crippen LogP contribution in [0.25, 0.3) is 27.8 Å². The van der Waals surface area contributed by atoms with Crippen molar-refractivity contribution >= 4 is 49.5 Å². The van der Waals surface area contributed by atoms with Crippen LogP contribution in [0.1, 0.15) is 17.5 Å². The highest BCUT2D eigenvalue weighted by molar-refractivity contribution is 9.10. The third-order valence-electron chi connectivity index (χ3n) is 4.60. The first-order valence-electron chi connectivity index (χ1n) is 9.23. The molecule has 30 heavy (non-hydrogen) atoms. The topological polar surface area (TPSA) is 78.9 Å². The number of nitrogens with one attached hydrogen (secondary N) is 1. The highest BCUT2D eigenvalue weighted by atomic mass is 79.9. The summed E-state index contributed by atoms with van der Waals surface area (Å²) in [5, 5.41) is 15.9. The van der Waals surface area contributed by atoms with Crippen molar-refractivity contribution in [2.45, 2.75) is 13.3 Å². The molecule has 148 valence electrons. The van der Waals surface area contributed by atoms with Crippen LogP contribution < -0.4 is 10.9 Å². The third-order valence-corrected chi connectivity index (χ3v) is 5.96. The van der Waals surface area contributed by atoms with E-state index in [2.05, 4.69) is 39.2 Å². The fourth-order valence-corrected chi connectivity index (χ4v) is 4.22. The third kappa shape index (κ3) is 4.06. The summed E-state index contributed by atoms with van der Waals surface area (Å²) in [6.07, 6.45) is 2.53. The van der Waals surface area contributed by atoms with Gasteiger partial charge in [-0.2, -0.15) is 5.26 Å². The Labute approximate surface area is 185 Å². The maximum Gasteiger partial charge on any atom is 0.345 e. The summed E-state index contributed by atoms with van der Waals surface area (Å²) in [5.74, 6) is 0. The normalized spacial score (nSPS) is 11.4. The van der Waals surface area contributed by atoms with Crippen molar-refractivity contribution in [1.82, 2.24) is 4.98 Å². The van der Waals surface area contributed by atoms with E-state index in [0.717, 1.165) is 27.5 Å². The van der Waals surface area contributed by atoms with Crippen LogP contribution in [0.3, 0.4) is 0 Å². The minimum Gasteiger partial charge on any atom is -0.422 e. The number of hydrogen-bond acceptors (Lipinski definition) is 6. The minimum absolute atomic E-state index is 0.365. The number of hydrogen-bond donors (Lipinski definition) is 1. The van der Waals surface area contributed by atoms with Gasteiger partial charge >= 0.3 is 5.63 Å². The number of halogens is 1. The molecule has 0 unspecified atom stereocenters. The van der Waals surface area contributed by atoms with Gasteiger partial charge in [0.25, 0.3) is 0 Å². The van der Waals surface area contributed by atoms with E-state index in [4.69, 9.17) is 4.42 Å². The number of aromatic nitrogens is 1. The summed E-state index contributed by atoms with van der Waals surface area (Å²) < 4.78 is 6.32. The average molecular weight is 478 g/mol. The predicted octanol–water partition coefficient (Wildman–Crippen LogP) is 6.22. The highest BCUT2D eigenvalue weighted by Crippen LogP contribution is 2.27. The largest absolute Gasteiger partial charge is 0.422 e. The summed E-state index contributed by atoms with van der Waals surface area (Å²) in [4.78, 5) is 17.0. The van der Waals surface area contributed by atoms with Gasteiger partial charge in [0.05, 0.1) is 11.3 Å². The van der Waals surface area contributed by atoms with Gasteiger partial charge in [-0.05, 0) is 42.3 Å². The number of para-hydroxylation sites is 1. The van der Waals surface area contributed by atoms with Crippen LogP contribution in [0.15, 0.2) is 73.8 Å². The zero-order valence-corrected chi connectivity index (χ0v) is 18.4. The molecule has 2 aromatic heterocycles. The second-order valence-corrected chi connectivity index (χ2v) is 8.27. The van der Waals surface area contributed by atoms with Gasteiger partial charge in [-0.15, -0.1) is 11.3 Å². The van der Waals surface area contributed by atoms with Gasteiger partial charge in [0.1, 0.15) is 22.2 Å². The molecule has 2 aromatic carbocycles. The first-order chi connectivity index (χ1) is 14.6. The Morgan fingerprint density at radius 1 is 1.30 bits per heavy atom. The molecule has 0 atom stereocenters. The van der Waals surface area contributed by atoms with Gasteiger partial charge in [-0.3, -0.25) is 0 Å². The number of thiazole rings is 1. The van der Waals surface area contributed by atoms with Crippen LogP contribution in [0.4, 0.5) is 5.69 Å². The zero-order valence-electron chi connectivity index (χ0n) is 16.0. The lowest BCUT2D eigenvalue weighted by atomic mass is 10.1. The lowest BCUT2D eigenvalue weighted by Crippen LogP contribution is -2.03. The molecule has 4 rings (SSSR count). The quantitative estimate of drug-likeness (QED) is 0.272. The fourth-order valence-electron chi connectivity index (χ4n) is 3.06. The van der Waals surface area contributed by atoms with E-state index in [1.807, 2.05) is 36.4 Å². The van der Waals surface area contributed by atoms with Crippen LogP contribution in [0.2, 0.25) is 0 Å². The number of rotatable bonds is 5. The molecule has 1 N–H and O–H groups in total. The maximum atomic E-state index is 12.4. The van der Waals surface area contributed by atoms with Gasteiger partial charge in [-0.25, -0.2) is 9.78 Å². The second kappa shape index (κ2) is 8.66. The molecule has 4 aromatic rings. The summed E-state index contributed by atoms with van der Waals surface area (Å²) in [5.41, 5.74) is 3.41. The molecule has 0 fully saturated rings.